The highest BCUT2D eigenvalue weighted by molar-refractivity contribution is 6.63. The Labute approximate surface area is 138 Å². The summed E-state index contributed by atoms with van der Waals surface area (Å²) >= 11 is 5.78. The van der Waals surface area contributed by atoms with Gasteiger partial charge in [-0.1, -0.05) is 79.1 Å². The highest BCUT2D eigenvalue weighted by Gasteiger charge is 2.17. The number of carbonyl (C=O) groups excluding carboxylic acids is 1. The van der Waals surface area contributed by atoms with E-state index in [1.807, 2.05) is 0 Å². The van der Waals surface area contributed by atoms with E-state index in [1.54, 1.807) is 0 Å². The quantitative estimate of drug-likeness (QED) is 0.250. The zero-order valence-electron chi connectivity index (χ0n) is 14.8. The minimum absolute atomic E-state index is 0.0947. The van der Waals surface area contributed by atoms with Crippen LogP contribution in [0.15, 0.2) is 0 Å². The maximum Gasteiger partial charge on any atom is 0.224 e. The number of unbranched alkanes of at least 4 members (excludes halogenated alkanes) is 1. The number of hydrogen-bond donors (Lipinski definition) is 0. The van der Waals surface area contributed by atoms with Gasteiger partial charge in [0.1, 0.15) is 0 Å². The third-order valence-electron chi connectivity index (χ3n) is 4.80. The summed E-state index contributed by atoms with van der Waals surface area (Å²) in [7, 11) is 0. The number of halogens is 1. The Hall–Kier alpha value is -0.0400. The first-order valence-electron chi connectivity index (χ1n) is 9.24. The van der Waals surface area contributed by atoms with Crippen LogP contribution in [0.25, 0.3) is 0 Å². The van der Waals surface area contributed by atoms with Gasteiger partial charge < -0.3 is 0 Å². The Morgan fingerprint density at radius 1 is 0.857 bits per heavy atom. The molecule has 1 nitrogen and oxygen atoms in total. The van der Waals surface area contributed by atoms with E-state index in [4.69, 9.17) is 11.6 Å². The van der Waals surface area contributed by atoms with Crippen LogP contribution < -0.4 is 0 Å². The van der Waals surface area contributed by atoms with Gasteiger partial charge in [-0.25, -0.2) is 0 Å². The molecule has 0 aromatic rings. The molecule has 0 aliphatic carbocycles. The monoisotopic (exact) mass is 316 g/mol. The zero-order valence-corrected chi connectivity index (χ0v) is 15.6. The van der Waals surface area contributed by atoms with E-state index in [0.717, 1.165) is 37.5 Å². The smallest absolute Gasteiger partial charge is 0.224 e. The topological polar surface area (TPSA) is 17.1 Å². The Morgan fingerprint density at radius 2 is 1.48 bits per heavy atom. The summed E-state index contributed by atoms with van der Waals surface area (Å²) in [5.74, 6) is 1.70. The molecule has 21 heavy (non-hydrogen) atoms. The summed E-state index contributed by atoms with van der Waals surface area (Å²) in [6.07, 6.45) is 13.3. The van der Waals surface area contributed by atoms with Crippen LogP contribution in [0.2, 0.25) is 0 Å². The highest BCUT2D eigenvalue weighted by atomic mass is 35.5. The molecule has 3 unspecified atom stereocenters. The van der Waals surface area contributed by atoms with E-state index in [9.17, 15) is 4.79 Å². The predicted molar refractivity (Wildman–Crippen MR) is 94.8 cm³/mol. The van der Waals surface area contributed by atoms with E-state index >= 15 is 0 Å². The Balaban J connectivity index is 3.91. The first-order valence-corrected chi connectivity index (χ1v) is 9.62. The maximum atomic E-state index is 11.6. The summed E-state index contributed by atoms with van der Waals surface area (Å²) in [5, 5.41) is -0.112. The van der Waals surface area contributed by atoms with Crippen molar-refractivity contribution in [2.24, 2.45) is 17.8 Å². The number of carbonyl (C=O) groups is 1. The molecule has 126 valence electrons. The largest absolute Gasteiger partial charge is 0.281 e. The fourth-order valence-electron chi connectivity index (χ4n) is 3.28. The van der Waals surface area contributed by atoms with Gasteiger partial charge in [0.25, 0.3) is 0 Å². The molecule has 0 saturated carbocycles. The van der Waals surface area contributed by atoms with Gasteiger partial charge in [0, 0.05) is 5.92 Å². The van der Waals surface area contributed by atoms with Crippen LogP contribution in [0.3, 0.4) is 0 Å². The first kappa shape index (κ1) is 21.0. The fourth-order valence-corrected chi connectivity index (χ4v) is 3.50. The second kappa shape index (κ2) is 13.6. The zero-order chi connectivity index (χ0) is 16.1. The molecular formula is C19H37ClO. The summed E-state index contributed by atoms with van der Waals surface area (Å²) < 4.78 is 0. The minimum atomic E-state index is -0.112. The predicted octanol–water partition coefficient (Wildman–Crippen LogP) is 6.97. The van der Waals surface area contributed by atoms with Crippen molar-refractivity contribution in [2.45, 2.75) is 98.3 Å². The molecule has 0 aliphatic rings. The molecule has 0 amide bonds. The molecule has 0 spiro atoms. The molecule has 3 atom stereocenters. The molecule has 0 N–H and O–H groups in total. The van der Waals surface area contributed by atoms with Crippen molar-refractivity contribution < 1.29 is 4.79 Å². The van der Waals surface area contributed by atoms with Crippen molar-refractivity contribution >= 4 is 16.8 Å². The van der Waals surface area contributed by atoms with Crippen molar-refractivity contribution in [2.75, 3.05) is 0 Å². The molecule has 0 saturated heterocycles. The SMILES string of the molecule is CCCC(C)CCC(CCCCC(CC)CCC)C(=O)Cl. The highest BCUT2D eigenvalue weighted by Crippen LogP contribution is 2.25. The summed E-state index contributed by atoms with van der Waals surface area (Å²) in [6.45, 7) is 9.07. The molecule has 0 aliphatic heterocycles. The molecule has 0 radical (unpaired) electrons. The average molecular weight is 317 g/mol. The van der Waals surface area contributed by atoms with Gasteiger partial charge in [0.2, 0.25) is 5.24 Å². The van der Waals surface area contributed by atoms with Crippen LogP contribution >= 0.6 is 11.6 Å². The normalized spacial score (nSPS) is 15.7. The fraction of sp³-hybridized carbons (Fsp3) is 0.947. The Bertz CT molecular complexity index is 252. The Kier molecular flexibility index (Phi) is 13.6. The van der Waals surface area contributed by atoms with Gasteiger partial charge in [-0.3, -0.25) is 4.79 Å². The van der Waals surface area contributed by atoms with Crippen molar-refractivity contribution in [3.63, 3.8) is 0 Å². The van der Waals surface area contributed by atoms with Crippen LogP contribution in [0, 0.1) is 17.8 Å². The molecule has 0 heterocycles. The number of hydrogen-bond acceptors (Lipinski definition) is 1. The van der Waals surface area contributed by atoms with Gasteiger partial charge >= 0.3 is 0 Å². The van der Waals surface area contributed by atoms with Crippen molar-refractivity contribution in [1.82, 2.24) is 0 Å². The molecule has 0 aromatic carbocycles. The van der Waals surface area contributed by atoms with Crippen molar-refractivity contribution in [3.8, 4) is 0 Å². The van der Waals surface area contributed by atoms with Crippen LogP contribution in [-0.4, -0.2) is 5.24 Å². The lowest BCUT2D eigenvalue weighted by molar-refractivity contribution is -0.115. The second-order valence-electron chi connectivity index (χ2n) is 6.82. The molecular weight excluding hydrogens is 280 g/mol. The van der Waals surface area contributed by atoms with E-state index in [0.29, 0.717) is 0 Å². The molecule has 0 rings (SSSR count). The summed E-state index contributed by atoms with van der Waals surface area (Å²) in [4.78, 5) is 11.6. The van der Waals surface area contributed by atoms with E-state index in [1.165, 1.54) is 44.9 Å². The molecule has 2 heteroatoms. The third-order valence-corrected chi connectivity index (χ3v) is 5.11. The third kappa shape index (κ3) is 11.2. The van der Waals surface area contributed by atoms with Crippen LogP contribution in [0.4, 0.5) is 0 Å². The van der Waals surface area contributed by atoms with E-state index in [2.05, 4.69) is 27.7 Å². The lowest BCUT2D eigenvalue weighted by atomic mass is 9.89. The molecule has 0 aromatic heterocycles. The van der Waals surface area contributed by atoms with E-state index < -0.39 is 0 Å². The minimum Gasteiger partial charge on any atom is -0.281 e. The molecule has 0 bridgehead atoms. The lowest BCUT2D eigenvalue weighted by Gasteiger charge is -2.17. The van der Waals surface area contributed by atoms with Gasteiger partial charge in [-0.2, -0.15) is 0 Å². The average Bonchev–Trinajstić information content (AvgIpc) is 2.45. The standard InChI is InChI=1S/C19H37ClO/c1-5-10-16(4)14-15-18(19(20)21)13-9-8-12-17(7-3)11-6-2/h16-18H,5-15H2,1-4H3. The van der Waals surface area contributed by atoms with Crippen molar-refractivity contribution in [3.05, 3.63) is 0 Å². The van der Waals surface area contributed by atoms with Crippen LogP contribution in [0.1, 0.15) is 98.3 Å². The lowest BCUT2D eigenvalue weighted by Crippen LogP contribution is -2.11. The molecule has 0 fully saturated rings. The van der Waals surface area contributed by atoms with Gasteiger partial charge in [-0.05, 0) is 42.7 Å². The van der Waals surface area contributed by atoms with Crippen LogP contribution in [0.5, 0.6) is 0 Å². The van der Waals surface area contributed by atoms with Crippen LogP contribution in [-0.2, 0) is 4.79 Å². The number of rotatable bonds is 14. The van der Waals surface area contributed by atoms with Gasteiger partial charge in [0.15, 0.2) is 0 Å². The summed E-state index contributed by atoms with van der Waals surface area (Å²) in [6, 6.07) is 0. The second-order valence-corrected chi connectivity index (χ2v) is 7.19. The first-order chi connectivity index (χ1) is 10.0. The Morgan fingerprint density at radius 3 is 2.00 bits per heavy atom. The van der Waals surface area contributed by atoms with E-state index in [-0.39, 0.29) is 11.2 Å². The maximum absolute atomic E-state index is 11.6. The van der Waals surface area contributed by atoms with Gasteiger partial charge in [-0.15, -0.1) is 0 Å². The van der Waals surface area contributed by atoms with Gasteiger partial charge in [0.05, 0.1) is 0 Å². The summed E-state index contributed by atoms with van der Waals surface area (Å²) in [5.41, 5.74) is 0. The van der Waals surface area contributed by atoms with Crippen molar-refractivity contribution in [1.29, 1.82) is 0 Å².